The first kappa shape index (κ1) is 11.9. The van der Waals surface area contributed by atoms with Gasteiger partial charge in [-0.15, -0.1) is 11.3 Å². The monoisotopic (exact) mass is 246 g/mol. The highest BCUT2D eigenvalue weighted by atomic mass is 32.1. The standard InChI is InChI=1S/C11H16F2N2S/c1-7(2)9-15-8(3-16-9)10(6-14)4-11(12,13)5-10/h3,7H,4-6,14H2,1-2H3. The number of halogens is 2. The number of nitrogens with two attached hydrogens (primary N) is 1. The van der Waals surface area contributed by atoms with Gasteiger partial charge in [-0.2, -0.15) is 0 Å². The summed E-state index contributed by atoms with van der Waals surface area (Å²) < 4.78 is 26.0. The van der Waals surface area contributed by atoms with E-state index < -0.39 is 11.3 Å². The lowest BCUT2D eigenvalue weighted by Gasteiger charge is -2.45. The molecule has 5 heteroatoms. The molecule has 0 amide bonds. The summed E-state index contributed by atoms with van der Waals surface area (Å²) in [6, 6.07) is 0. The maximum absolute atomic E-state index is 13.0. The summed E-state index contributed by atoms with van der Waals surface area (Å²) in [6.07, 6.45) is -0.310. The molecule has 0 aromatic carbocycles. The van der Waals surface area contributed by atoms with Crippen LogP contribution in [0.1, 0.15) is 43.3 Å². The fourth-order valence-corrected chi connectivity index (χ4v) is 3.12. The van der Waals surface area contributed by atoms with Gasteiger partial charge in [-0.05, 0) is 0 Å². The molecular weight excluding hydrogens is 230 g/mol. The third-order valence-electron chi connectivity index (χ3n) is 3.14. The lowest BCUT2D eigenvalue weighted by Crippen LogP contribution is -2.53. The zero-order valence-corrected chi connectivity index (χ0v) is 10.3. The zero-order chi connectivity index (χ0) is 12.0. The molecule has 1 saturated carbocycles. The number of aromatic nitrogens is 1. The van der Waals surface area contributed by atoms with Gasteiger partial charge in [0.25, 0.3) is 0 Å². The van der Waals surface area contributed by atoms with Crippen molar-refractivity contribution in [3.8, 4) is 0 Å². The second-order valence-corrected chi connectivity index (χ2v) is 5.81. The van der Waals surface area contributed by atoms with Crippen molar-refractivity contribution in [1.29, 1.82) is 0 Å². The largest absolute Gasteiger partial charge is 0.330 e. The van der Waals surface area contributed by atoms with Crippen molar-refractivity contribution in [2.24, 2.45) is 5.73 Å². The minimum absolute atomic E-state index is 0.155. The third-order valence-corrected chi connectivity index (χ3v) is 4.29. The summed E-state index contributed by atoms with van der Waals surface area (Å²) in [5.74, 6) is -2.21. The van der Waals surface area contributed by atoms with Gasteiger partial charge in [-0.25, -0.2) is 13.8 Å². The predicted molar refractivity (Wildman–Crippen MR) is 61.1 cm³/mol. The van der Waals surface area contributed by atoms with Gasteiger partial charge in [0, 0.05) is 36.1 Å². The van der Waals surface area contributed by atoms with Gasteiger partial charge in [0.15, 0.2) is 0 Å². The van der Waals surface area contributed by atoms with Gasteiger partial charge in [-0.1, -0.05) is 13.8 Å². The first-order valence-electron chi connectivity index (χ1n) is 5.42. The van der Waals surface area contributed by atoms with Gasteiger partial charge >= 0.3 is 0 Å². The highest BCUT2D eigenvalue weighted by Crippen LogP contribution is 2.52. The molecule has 1 heterocycles. The molecule has 0 unspecified atom stereocenters. The molecule has 0 atom stereocenters. The van der Waals surface area contributed by atoms with Gasteiger partial charge in [-0.3, -0.25) is 0 Å². The Bertz CT molecular complexity index is 379. The molecule has 2 rings (SSSR count). The SMILES string of the molecule is CC(C)c1nc(C2(CN)CC(F)(F)C2)cs1. The molecule has 1 aromatic heterocycles. The van der Waals surface area contributed by atoms with Gasteiger partial charge in [0.05, 0.1) is 10.7 Å². The highest BCUT2D eigenvalue weighted by Gasteiger charge is 2.57. The number of alkyl halides is 2. The molecule has 16 heavy (non-hydrogen) atoms. The topological polar surface area (TPSA) is 38.9 Å². The Balaban J connectivity index is 2.22. The van der Waals surface area contributed by atoms with Crippen LogP contribution in [0.25, 0.3) is 0 Å². The molecule has 2 N–H and O–H groups in total. The fourth-order valence-electron chi connectivity index (χ4n) is 2.16. The van der Waals surface area contributed by atoms with Crippen molar-refractivity contribution in [3.05, 3.63) is 16.1 Å². The molecule has 0 spiro atoms. The number of nitrogens with zero attached hydrogens (tertiary/aromatic N) is 1. The predicted octanol–water partition coefficient (Wildman–Crippen LogP) is 2.89. The molecule has 0 radical (unpaired) electrons. The molecule has 1 aliphatic rings. The van der Waals surface area contributed by atoms with Crippen LogP contribution in [0, 0.1) is 0 Å². The van der Waals surface area contributed by atoms with Crippen LogP contribution < -0.4 is 5.73 Å². The maximum atomic E-state index is 13.0. The number of rotatable bonds is 3. The molecule has 0 saturated heterocycles. The van der Waals surface area contributed by atoms with Crippen LogP contribution in [-0.2, 0) is 5.41 Å². The maximum Gasteiger partial charge on any atom is 0.250 e. The van der Waals surface area contributed by atoms with Crippen LogP contribution in [0.2, 0.25) is 0 Å². The van der Waals surface area contributed by atoms with E-state index >= 15 is 0 Å². The van der Waals surface area contributed by atoms with Gasteiger partial charge in [0.2, 0.25) is 5.92 Å². The summed E-state index contributed by atoms with van der Waals surface area (Å²) in [6.45, 7) is 4.35. The number of hydrogen-bond acceptors (Lipinski definition) is 3. The summed E-state index contributed by atoms with van der Waals surface area (Å²) in [5, 5.41) is 2.88. The molecule has 0 aliphatic heterocycles. The Hall–Kier alpha value is -0.550. The zero-order valence-electron chi connectivity index (χ0n) is 9.46. The van der Waals surface area contributed by atoms with Crippen LogP contribution in [0.3, 0.4) is 0 Å². The van der Waals surface area contributed by atoms with Crippen LogP contribution >= 0.6 is 11.3 Å². The van der Waals surface area contributed by atoms with Crippen molar-refractivity contribution in [1.82, 2.24) is 4.98 Å². The Morgan fingerprint density at radius 3 is 2.50 bits per heavy atom. The fraction of sp³-hybridized carbons (Fsp3) is 0.727. The second-order valence-electron chi connectivity index (χ2n) is 4.92. The van der Waals surface area contributed by atoms with Crippen LogP contribution in [0.15, 0.2) is 5.38 Å². The normalized spacial score (nSPS) is 22.1. The number of hydrogen-bond donors (Lipinski definition) is 1. The summed E-state index contributed by atoms with van der Waals surface area (Å²) in [4.78, 5) is 4.45. The van der Waals surface area contributed by atoms with E-state index in [0.29, 0.717) is 5.92 Å². The van der Waals surface area contributed by atoms with Crippen LogP contribution in [-0.4, -0.2) is 17.5 Å². The molecule has 1 fully saturated rings. The molecule has 1 aromatic rings. The number of thiazole rings is 1. The van der Waals surface area contributed by atoms with Crippen LogP contribution in [0.4, 0.5) is 8.78 Å². The minimum Gasteiger partial charge on any atom is -0.330 e. The molecule has 1 aliphatic carbocycles. The van der Waals surface area contributed by atoms with E-state index in [-0.39, 0.29) is 19.4 Å². The first-order chi connectivity index (χ1) is 7.38. The van der Waals surface area contributed by atoms with E-state index in [2.05, 4.69) is 4.98 Å². The lowest BCUT2D eigenvalue weighted by atomic mass is 9.64. The van der Waals surface area contributed by atoms with Gasteiger partial charge in [0.1, 0.15) is 0 Å². The van der Waals surface area contributed by atoms with E-state index in [0.717, 1.165) is 10.7 Å². The quantitative estimate of drug-likeness (QED) is 0.890. The average molecular weight is 246 g/mol. The van der Waals surface area contributed by atoms with Crippen LogP contribution in [0.5, 0.6) is 0 Å². The smallest absolute Gasteiger partial charge is 0.250 e. The molecule has 90 valence electrons. The van der Waals surface area contributed by atoms with E-state index in [1.54, 1.807) is 0 Å². The highest BCUT2D eigenvalue weighted by molar-refractivity contribution is 7.09. The van der Waals surface area contributed by atoms with E-state index in [1.807, 2.05) is 19.2 Å². The van der Waals surface area contributed by atoms with E-state index in [9.17, 15) is 8.78 Å². The average Bonchev–Trinajstić information content (AvgIpc) is 2.62. The van der Waals surface area contributed by atoms with Crippen molar-refractivity contribution in [3.63, 3.8) is 0 Å². The van der Waals surface area contributed by atoms with E-state index in [4.69, 9.17) is 5.73 Å². The van der Waals surface area contributed by atoms with Gasteiger partial charge < -0.3 is 5.73 Å². The summed E-state index contributed by atoms with van der Waals surface area (Å²) in [5.41, 5.74) is 5.82. The van der Waals surface area contributed by atoms with E-state index in [1.165, 1.54) is 11.3 Å². The lowest BCUT2D eigenvalue weighted by molar-refractivity contribution is -0.124. The summed E-state index contributed by atoms with van der Waals surface area (Å²) in [7, 11) is 0. The minimum atomic E-state index is -2.55. The van der Waals surface area contributed by atoms with Crippen molar-refractivity contribution >= 4 is 11.3 Å². The molecule has 2 nitrogen and oxygen atoms in total. The summed E-state index contributed by atoms with van der Waals surface area (Å²) >= 11 is 1.54. The Morgan fingerprint density at radius 1 is 1.50 bits per heavy atom. The first-order valence-corrected chi connectivity index (χ1v) is 6.30. The van der Waals surface area contributed by atoms with Crippen molar-refractivity contribution < 1.29 is 8.78 Å². The third kappa shape index (κ3) is 1.86. The second kappa shape index (κ2) is 3.74. The molecule has 0 bridgehead atoms. The van der Waals surface area contributed by atoms with Crippen molar-refractivity contribution in [2.45, 2.75) is 43.9 Å². The Morgan fingerprint density at radius 2 is 2.12 bits per heavy atom. The Kier molecular flexibility index (Phi) is 2.78. The van der Waals surface area contributed by atoms with Crippen molar-refractivity contribution in [2.75, 3.05) is 6.54 Å². The molecular formula is C11H16F2N2S. The Labute approximate surface area is 97.9 Å².